The molecular formula is C10H17ClN4O. The Hall–Kier alpha value is -1.07. The van der Waals surface area contributed by atoms with E-state index in [0.29, 0.717) is 23.8 Å². The molecule has 1 rings (SSSR count). The number of methoxy groups -OCH3 is 1. The Bertz CT molecular complexity index is 372. The molecule has 0 spiro atoms. The van der Waals surface area contributed by atoms with Gasteiger partial charge in [0, 0.05) is 14.2 Å². The zero-order chi connectivity index (χ0) is 12.3. The van der Waals surface area contributed by atoms with Crippen LogP contribution >= 0.6 is 11.6 Å². The molecule has 1 unspecified atom stereocenters. The van der Waals surface area contributed by atoms with Gasteiger partial charge in [-0.25, -0.2) is 4.98 Å². The fraction of sp³-hybridized carbons (Fsp3) is 0.600. The molecule has 2 N–H and O–H groups in total. The lowest BCUT2D eigenvalue weighted by molar-refractivity contribution is 0.183. The molecule has 0 aliphatic rings. The van der Waals surface area contributed by atoms with E-state index < -0.39 is 0 Å². The first-order valence-electron chi connectivity index (χ1n) is 4.98. The summed E-state index contributed by atoms with van der Waals surface area (Å²) in [5.41, 5.74) is 7.16. The maximum absolute atomic E-state index is 5.92. The second-order valence-electron chi connectivity index (χ2n) is 3.73. The van der Waals surface area contributed by atoms with E-state index in [0.717, 1.165) is 0 Å². The third-order valence-corrected chi connectivity index (χ3v) is 2.66. The first kappa shape index (κ1) is 13.0. The second-order valence-corrected chi connectivity index (χ2v) is 4.07. The summed E-state index contributed by atoms with van der Waals surface area (Å²) < 4.78 is 5.09. The van der Waals surface area contributed by atoms with Gasteiger partial charge in [-0.3, -0.25) is 0 Å². The van der Waals surface area contributed by atoms with Gasteiger partial charge in [0.25, 0.3) is 0 Å². The van der Waals surface area contributed by atoms with Gasteiger partial charge in [0.1, 0.15) is 0 Å². The molecule has 0 aromatic carbocycles. The van der Waals surface area contributed by atoms with Crippen LogP contribution in [-0.2, 0) is 4.74 Å². The fourth-order valence-corrected chi connectivity index (χ4v) is 1.57. The highest BCUT2D eigenvalue weighted by atomic mass is 35.5. The van der Waals surface area contributed by atoms with Crippen molar-refractivity contribution < 1.29 is 4.74 Å². The van der Waals surface area contributed by atoms with Crippen molar-refractivity contribution in [1.29, 1.82) is 0 Å². The van der Waals surface area contributed by atoms with Gasteiger partial charge in [-0.15, -0.1) is 0 Å². The SMILES string of the molecule is COCC(C)N(C)c1nc(Cl)nc(C)c1N. The lowest BCUT2D eigenvalue weighted by atomic mass is 10.2. The third-order valence-electron chi connectivity index (χ3n) is 2.49. The number of nitrogen functional groups attached to an aromatic ring is 1. The minimum absolute atomic E-state index is 0.165. The minimum Gasteiger partial charge on any atom is -0.394 e. The van der Waals surface area contributed by atoms with Gasteiger partial charge < -0.3 is 15.4 Å². The summed E-state index contributed by atoms with van der Waals surface area (Å²) in [6.07, 6.45) is 0. The highest BCUT2D eigenvalue weighted by Crippen LogP contribution is 2.24. The molecule has 90 valence electrons. The molecule has 1 aromatic heterocycles. The molecule has 1 heterocycles. The van der Waals surface area contributed by atoms with Gasteiger partial charge in [-0.2, -0.15) is 4.98 Å². The molecule has 16 heavy (non-hydrogen) atoms. The van der Waals surface area contributed by atoms with E-state index in [1.807, 2.05) is 18.9 Å². The molecule has 1 aromatic rings. The monoisotopic (exact) mass is 244 g/mol. The van der Waals surface area contributed by atoms with Crippen molar-refractivity contribution in [1.82, 2.24) is 9.97 Å². The van der Waals surface area contributed by atoms with Crippen LogP contribution in [-0.4, -0.2) is 36.8 Å². The summed E-state index contributed by atoms with van der Waals surface area (Å²) in [6, 6.07) is 0.165. The Kier molecular flexibility index (Phi) is 4.32. The van der Waals surface area contributed by atoms with Crippen LogP contribution in [0.2, 0.25) is 5.28 Å². The number of hydrogen-bond acceptors (Lipinski definition) is 5. The van der Waals surface area contributed by atoms with Crippen molar-refractivity contribution in [3.63, 3.8) is 0 Å². The van der Waals surface area contributed by atoms with E-state index in [9.17, 15) is 0 Å². The zero-order valence-electron chi connectivity index (χ0n) is 9.99. The second kappa shape index (κ2) is 5.32. The minimum atomic E-state index is 0.165. The Labute approximate surface area is 101 Å². The predicted octanol–water partition coefficient (Wildman–Crippen LogP) is 1.49. The smallest absolute Gasteiger partial charge is 0.224 e. The quantitative estimate of drug-likeness (QED) is 0.813. The molecule has 5 nitrogen and oxygen atoms in total. The normalized spacial score (nSPS) is 12.6. The van der Waals surface area contributed by atoms with E-state index in [1.54, 1.807) is 14.0 Å². The Balaban J connectivity index is 3.03. The van der Waals surface area contributed by atoms with Crippen molar-refractivity contribution in [3.05, 3.63) is 11.0 Å². The van der Waals surface area contributed by atoms with Gasteiger partial charge >= 0.3 is 0 Å². The molecule has 0 amide bonds. The number of anilines is 2. The molecule has 0 fully saturated rings. The Morgan fingerprint density at radius 3 is 2.69 bits per heavy atom. The first-order valence-corrected chi connectivity index (χ1v) is 5.36. The zero-order valence-corrected chi connectivity index (χ0v) is 10.7. The van der Waals surface area contributed by atoms with Crippen molar-refractivity contribution >= 4 is 23.1 Å². The van der Waals surface area contributed by atoms with E-state index in [4.69, 9.17) is 22.1 Å². The summed E-state index contributed by atoms with van der Waals surface area (Å²) in [4.78, 5) is 10.1. The van der Waals surface area contributed by atoms with Crippen LogP contribution < -0.4 is 10.6 Å². The summed E-state index contributed by atoms with van der Waals surface area (Å²) in [5.74, 6) is 0.641. The number of hydrogen-bond donors (Lipinski definition) is 1. The summed E-state index contributed by atoms with van der Waals surface area (Å²) in [6.45, 7) is 4.42. The first-order chi connectivity index (χ1) is 7.47. The molecule has 0 bridgehead atoms. The van der Waals surface area contributed by atoms with Crippen molar-refractivity contribution in [2.75, 3.05) is 31.4 Å². The molecule has 0 saturated carbocycles. The van der Waals surface area contributed by atoms with Crippen LogP contribution in [0.4, 0.5) is 11.5 Å². The van der Waals surface area contributed by atoms with E-state index in [1.165, 1.54) is 0 Å². The number of likely N-dealkylation sites (N-methyl/N-ethyl adjacent to an activating group) is 1. The highest BCUT2D eigenvalue weighted by Gasteiger charge is 2.16. The summed E-state index contributed by atoms with van der Waals surface area (Å²) in [5, 5.41) is 0.207. The predicted molar refractivity (Wildman–Crippen MR) is 65.9 cm³/mol. The maximum atomic E-state index is 5.92. The highest BCUT2D eigenvalue weighted by molar-refractivity contribution is 6.28. The molecule has 0 radical (unpaired) electrons. The molecule has 1 atom stereocenters. The van der Waals surface area contributed by atoms with Crippen LogP contribution in [0, 0.1) is 6.92 Å². The van der Waals surface area contributed by atoms with Gasteiger partial charge in [-0.1, -0.05) is 0 Å². The lowest BCUT2D eigenvalue weighted by Crippen LogP contribution is -2.34. The Morgan fingerprint density at radius 1 is 1.50 bits per heavy atom. The van der Waals surface area contributed by atoms with Crippen molar-refractivity contribution in [3.8, 4) is 0 Å². The van der Waals surface area contributed by atoms with Gasteiger partial charge in [0.15, 0.2) is 5.82 Å². The average molecular weight is 245 g/mol. The van der Waals surface area contributed by atoms with Crippen molar-refractivity contribution in [2.24, 2.45) is 0 Å². The number of halogens is 1. The summed E-state index contributed by atoms with van der Waals surface area (Å²) in [7, 11) is 3.56. The molecular weight excluding hydrogens is 228 g/mol. The van der Waals surface area contributed by atoms with Gasteiger partial charge in [0.05, 0.1) is 24.0 Å². The van der Waals surface area contributed by atoms with Crippen LogP contribution in [0.25, 0.3) is 0 Å². The van der Waals surface area contributed by atoms with Crippen LogP contribution in [0.3, 0.4) is 0 Å². The number of ether oxygens (including phenoxy) is 1. The van der Waals surface area contributed by atoms with E-state index in [2.05, 4.69) is 9.97 Å². The Morgan fingerprint density at radius 2 is 2.12 bits per heavy atom. The standard InChI is InChI=1S/C10H17ClN4O/c1-6(5-16-4)15(3)9-8(12)7(2)13-10(11)14-9/h6H,5,12H2,1-4H3. The molecule has 0 aliphatic heterocycles. The number of nitrogens with zero attached hydrogens (tertiary/aromatic N) is 3. The fourth-order valence-electron chi connectivity index (χ4n) is 1.36. The van der Waals surface area contributed by atoms with Gasteiger partial charge in [0.2, 0.25) is 5.28 Å². The topological polar surface area (TPSA) is 64.3 Å². The lowest BCUT2D eigenvalue weighted by Gasteiger charge is -2.26. The van der Waals surface area contributed by atoms with E-state index in [-0.39, 0.29) is 11.3 Å². The third kappa shape index (κ3) is 2.74. The van der Waals surface area contributed by atoms with Crippen LogP contribution in [0.15, 0.2) is 0 Å². The maximum Gasteiger partial charge on any atom is 0.224 e. The number of rotatable bonds is 4. The number of aryl methyl sites for hydroxylation is 1. The summed E-state index contributed by atoms with van der Waals surface area (Å²) >= 11 is 5.81. The molecule has 0 saturated heterocycles. The average Bonchev–Trinajstić information content (AvgIpc) is 2.22. The van der Waals surface area contributed by atoms with Crippen molar-refractivity contribution in [2.45, 2.75) is 19.9 Å². The van der Waals surface area contributed by atoms with E-state index >= 15 is 0 Å². The van der Waals surface area contributed by atoms with Crippen LogP contribution in [0.5, 0.6) is 0 Å². The molecule has 0 aliphatic carbocycles. The molecule has 6 heteroatoms. The largest absolute Gasteiger partial charge is 0.394 e. The number of nitrogens with two attached hydrogens (primary N) is 1. The number of aromatic nitrogens is 2. The van der Waals surface area contributed by atoms with Gasteiger partial charge in [-0.05, 0) is 25.4 Å². The van der Waals surface area contributed by atoms with Crippen LogP contribution in [0.1, 0.15) is 12.6 Å².